The van der Waals surface area contributed by atoms with Crippen LogP contribution in [0.5, 0.6) is 0 Å². The van der Waals surface area contributed by atoms with Crippen LogP contribution < -0.4 is 0 Å². The molecule has 0 fully saturated rings. The fraction of sp³-hybridized carbons (Fsp3) is 0.0385. The zero-order valence-electron chi connectivity index (χ0n) is 43.8. The molecule has 0 saturated heterocycles. The van der Waals surface area contributed by atoms with E-state index < -0.39 is 16.2 Å². The van der Waals surface area contributed by atoms with Gasteiger partial charge in [-0.3, -0.25) is 0 Å². The van der Waals surface area contributed by atoms with Crippen molar-refractivity contribution in [3.63, 3.8) is 0 Å². The molecule has 0 radical (unpaired) electrons. The maximum atomic E-state index is 5.67. The van der Waals surface area contributed by atoms with Gasteiger partial charge in [-0.05, 0) is 152 Å². The van der Waals surface area contributed by atoms with Gasteiger partial charge in [-0.25, -0.2) is 15.0 Å². The van der Waals surface area contributed by atoms with E-state index in [0.29, 0.717) is 17.5 Å². The van der Waals surface area contributed by atoms with Crippen molar-refractivity contribution in [2.75, 3.05) is 0 Å². The Morgan fingerprint density at radius 2 is 0.321 bits per heavy atom. The molecule has 6 aliphatic carbocycles. The van der Waals surface area contributed by atoms with Crippen LogP contribution in [0.3, 0.4) is 0 Å². The highest BCUT2D eigenvalue weighted by atomic mass is 15.0. The monoisotopic (exact) mass is 1020 g/mol. The first-order chi connectivity index (χ1) is 40.2. The van der Waals surface area contributed by atoms with Gasteiger partial charge in [-0.2, -0.15) is 0 Å². The molecule has 13 aromatic rings. The summed E-state index contributed by atoms with van der Waals surface area (Å²) in [6.45, 7) is 0. The highest BCUT2D eigenvalue weighted by Crippen LogP contribution is 2.66. The molecule has 372 valence electrons. The van der Waals surface area contributed by atoms with E-state index in [4.69, 9.17) is 15.0 Å². The van der Waals surface area contributed by atoms with Crippen molar-refractivity contribution in [1.29, 1.82) is 0 Å². The summed E-state index contributed by atoms with van der Waals surface area (Å²) in [7, 11) is 0. The van der Waals surface area contributed by atoms with Gasteiger partial charge in [0.15, 0.2) is 17.5 Å². The van der Waals surface area contributed by atoms with Gasteiger partial charge in [0, 0.05) is 16.7 Å². The Kier molecular flexibility index (Phi) is 8.33. The van der Waals surface area contributed by atoms with Crippen molar-refractivity contribution in [2.24, 2.45) is 0 Å². The van der Waals surface area contributed by atoms with Gasteiger partial charge in [0.05, 0.1) is 16.2 Å². The maximum absolute atomic E-state index is 5.67. The van der Waals surface area contributed by atoms with Gasteiger partial charge in [0.25, 0.3) is 0 Å². The van der Waals surface area contributed by atoms with Crippen LogP contribution in [0, 0.1) is 0 Å². The van der Waals surface area contributed by atoms with Gasteiger partial charge < -0.3 is 0 Å². The lowest BCUT2D eigenvalue weighted by molar-refractivity contribution is 0.793. The van der Waals surface area contributed by atoms with Crippen LogP contribution >= 0.6 is 0 Å². The predicted octanol–water partition coefficient (Wildman–Crippen LogP) is 17.9. The van der Waals surface area contributed by atoms with Crippen molar-refractivity contribution in [1.82, 2.24) is 15.0 Å². The van der Waals surface area contributed by atoms with Crippen molar-refractivity contribution < 1.29 is 0 Å². The second-order valence-electron chi connectivity index (χ2n) is 22.7. The standard InChI is InChI=1S/C78H45N3/c1-10-28-61-49(19-1)50-20-2-11-29-62(50)76(61)67-34-16-7-25-55(67)58-40-37-46(43-70(58)76)73-79-74(47-38-41-59-56-26-8-17-35-68(56)77(71(59)44-47)63-30-12-3-21-51(63)52-22-4-13-31-64(52)77)81-75(80-73)48-39-42-60-57-27-9-18-36-69(57)78(72(60)45-48)65-32-14-5-23-53(65)54-24-6-15-33-66(54)78/h1-45H. The largest absolute Gasteiger partial charge is 0.208 e. The van der Waals surface area contributed by atoms with Crippen LogP contribution in [0.15, 0.2) is 273 Å². The van der Waals surface area contributed by atoms with Crippen LogP contribution in [0.1, 0.15) is 66.8 Å². The molecule has 1 aromatic heterocycles. The molecule has 6 aliphatic rings. The van der Waals surface area contributed by atoms with E-state index in [1.807, 2.05) is 0 Å². The lowest BCUT2D eigenvalue weighted by Crippen LogP contribution is -2.26. The van der Waals surface area contributed by atoms with Crippen LogP contribution in [0.2, 0.25) is 0 Å². The quantitative estimate of drug-likeness (QED) is 0.177. The molecule has 81 heavy (non-hydrogen) atoms. The molecule has 3 heteroatoms. The Morgan fingerprint density at radius 3 is 0.506 bits per heavy atom. The van der Waals surface area contributed by atoms with E-state index in [0.717, 1.165) is 16.7 Å². The number of fused-ring (bicyclic) bond motifs is 30. The summed E-state index contributed by atoms with van der Waals surface area (Å²) >= 11 is 0. The molecule has 0 atom stereocenters. The third-order valence-electron chi connectivity index (χ3n) is 19.4. The second-order valence-corrected chi connectivity index (χ2v) is 22.7. The van der Waals surface area contributed by atoms with Crippen LogP contribution in [0.4, 0.5) is 0 Å². The van der Waals surface area contributed by atoms with Crippen molar-refractivity contribution in [3.8, 4) is 101 Å². The van der Waals surface area contributed by atoms with E-state index in [2.05, 4.69) is 273 Å². The summed E-state index contributed by atoms with van der Waals surface area (Å²) in [4.78, 5) is 17.0. The van der Waals surface area contributed by atoms with Gasteiger partial charge in [0.1, 0.15) is 0 Å². The molecule has 0 amide bonds. The first-order valence-corrected chi connectivity index (χ1v) is 28.3. The number of hydrogen-bond donors (Lipinski definition) is 0. The topological polar surface area (TPSA) is 38.7 Å². The first kappa shape index (κ1) is 43.6. The molecule has 0 saturated carbocycles. The first-order valence-electron chi connectivity index (χ1n) is 28.3. The van der Waals surface area contributed by atoms with E-state index in [-0.39, 0.29) is 0 Å². The van der Waals surface area contributed by atoms with Gasteiger partial charge >= 0.3 is 0 Å². The predicted molar refractivity (Wildman–Crippen MR) is 325 cm³/mol. The van der Waals surface area contributed by atoms with Gasteiger partial charge in [0.2, 0.25) is 0 Å². The molecule has 1 heterocycles. The second kappa shape index (κ2) is 15.5. The molecule has 0 N–H and O–H groups in total. The smallest absolute Gasteiger partial charge is 0.164 e. The third-order valence-corrected chi connectivity index (χ3v) is 19.4. The molecule has 3 nitrogen and oxygen atoms in total. The van der Waals surface area contributed by atoms with Crippen molar-refractivity contribution in [2.45, 2.75) is 16.2 Å². The molecular weight excluding hydrogens is 979 g/mol. The molecule has 19 rings (SSSR count). The zero-order valence-corrected chi connectivity index (χ0v) is 43.8. The van der Waals surface area contributed by atoms with E-state index in [1.54, 1.807) is 0 Å². The van der Waals surface area contributed by atoms with Crippen molar-refractivity contribution in [3.05, 3.63) is 340 Å². The minimum atomic E-state index is -0.526. The summed E-state index contributed by atoms with van der Waals surface area (Å²) in [5.74, 6) is 1.90. The average molecular weight is 1020 g/mol. The summed E-state index contributed by atoms with van der Waals surface area (Å²) in [5, 5.41) is 0. The van der Waals surface area contributed by atoms with Gasteiger partial charge in [-0.1, -0.05) is 255 Å². The Bertz CT molecular complexity index is 4280. The summed E-state index contributed by atoms with van der Waals surface area (Å²) in [6, 6.07) is 102. The summed E-state index contributed by atoms with van der Waals surface area (Å²) in [6.07, 6.45) is 0. The molecule has 0 bridgehead atoms. The van der Waals surface area contributed by atoms with Crippen molar-refractivity contribution >= 4 is 0 Å². The lowest BCUT2D eigenvalue weighted by Gasteiger charge is -2.31. The van der Waals surface area contributed by atoms with E-state index in [1.165, 1.54) is 134 Å². The molecule has 3 spiro atoms. The van der Waals surface area contributed by atoms with Crippen LogP contribution in [0.25, 0.3) is 101 Å². The maximum Gasteiger partial charge on any atom is 0.164 e. The van der Waals surface area contributed by atoms with Crippen LogP contribution in [-0.4, -0.2) is 15.0 Å². The van der Waals surface area contributed by atoms with Gasteiger partial charge in [-0.15, -0.1) is 0 Å². The summed E-state index contributed by atoms with van der Waals surface area (Å²) in [5.41, 5.74) is 31.9. The Labute approximate surface area is 469 Å². The fourth-order valence-electron chi connectivity index (χ4n) is 16.5. The molecular formula is C78H45N3. The summed E-state index contributed by atoms with van der Waals surface area (Å²) < 4.78 is 0. The number of nitrogens with zero attached hydrogens (tertiary/aromatic N) is 3. The molecule has 12 aromatic carbocycles. The number of benzene rings is 12. The normalized spacial score (nSPS) is 15.0. The van der Waals surface area contributed by atoms with E-state index in [9.17, 15) is 0 Å². The minimum Gasteiger partial charge on any atom is -0.208 e. The SMILES string of the molecule is c1ccc2c(c1)-c1ccccc1C21c2ccccc2-c2ccc(-c3nc(-c4ccc5c(c4)C4(c6ccccc6-c6ccccc64)c4ccccc4-5)nc(-c4ccc5c(c4)C4(c6ccccc6-c6ccccc64)c4ccccc4-5)n3)cc21. The highest BCUT2D eigenvalue weighted by molar-refractivity contribution is 5.99. The number of aromatic nitrogens is 3. The zero-order chi connectivity index (χ0) is 52.8. The molecule has 0 aliphatic heterocycles. The Morgan fingerprint density at radius 1 is 0.160 bits per heavy atom. The lowest BCUT2D eigenvalue weighted by atomic mass is 9.70. The number of rotatable bonds is 3. The fourth-order valence-corrected chi connectivity index (χ4v) is 16.5. The number of hydrogen-bond acceptors (Lipinski definition) is 3. The molecule has 0 unspecified atom stereocenters. The van der Waals surface area contributed by atoms with E-state index >= 15 is 0 Å². The highest BCUT2D eigenvalue weighted by Gasteiger charge is 2.55. The Balaban J connectivity index is 0.869. The minimum absolute atomic E-state index is 0.526. The Hall–Kier alpha value is -10.4. The average Bonchev–Trinajstić information content (AvgIpc) is 1.87. The third kappa shape index (κ3) is 5.20. The van der Waals surface area contributed by atoms with Crippen LogP contribution in [-0.2, 0) is 16.2 Å².